The third-order valence-corrected chi connectivity index (χ3v) is 16.1. The van der Waals surface area contributed by atoms with Gasteiger partial charge in [-0.2, -0.15) is 35.5 Å². The van der Waals surface area contributed by atoms with Gasteiger partial charge in [-0.25, -0.2) is 0 Å². The van der Waals surface area contributed by atoms with Gasteiger partial charge >= 0.3 is 70.8 Å². The van der Waals surface area contributed by atoms with Gasteiger partial charge < -0.3 is 24.8 Å². The van der Waals surface area contributed by atoms with Gasteiger partial charge in [0.15, 0.2) is 0 Å². The van der Waals surface area contributed by atoms with Gasteiger partial charge in [0.1, 0.15) is 0 Å². The van der Waals surface area contributed by atoms with Crippen LogP contribution in [0.5, 0.6) is 0 Å². The number of benzene rings is 3. The molecule has 6 heteroatoms. The molecule has 0 nitrogen and oxygen atoms in total. The van der Waals surface area contributed by atoms with Crippen LogP contribution in [0.2, 0.25) is 6.55 Å². The summed E-state index contributed by atoms with van der Waals surface area (Å²) in [6, 6.07) is 32.5. The zero-order chi connectivity index (χ0) is 28.9. The summed E-state index contributed by atoms with van der Waals surface area (Å²) in [5.74, 6) is 0. The van der Waals surface area contributed by atoms with Crippen LogP contribution in [0.25, 0.3) is 0 Å². The molecule has 218 valence electrons. The molecule has 0 saturated carbocycles. The van der Waals surface area contributed by atoms with Crippen LogP contribution in [-0.4, -0.2) is 16.8 Å². The van der Waals surface area contributed by atoms with E-state index >= 15 is 0 Å². The van der Waals surface area contributed by atoms with Crippen molar-refractivity contribution < 1.29 is 48.1 Å². The summed E-state index contributed by atoms with van der Waals surface area (Å²) in [4.78, 5) is 0. The summed E-state index contributed by atoms with van der Waals surface area (Å²) in [7, 11) is -0.367. The fraction of sp³-hybridized carbons (Fsp3) is 0.189. The molecule has 4 atom stereocenters. The van der Waals surface area contributed by atoms with Crippen LogP contribution in [0.3, 0.4) is 0 Å². The average Bonchev–Trinajstić information content (AvgIpc) is 3.68. The Kier molecular flexibility index (Phi) is 14.1. The Balaban J connectivity index is 0.000000180. The minimum absolute atomic E-state index is 0. The van der Waals surface area contributed by atoms with Crippen molar-refractivity contribution in [3.05, 3.63) is 160 Å². The summed E-state index contributed by atoms with van der Waals surface area (Å²) in [6.45, 7) is 11.3. The number of fused-ring (bicyclic) bond motifs is 2. The predicted octanol–water partition coefficient (Wildman–Crippen LogP) is 2.61. The second kappa shape index (κ2) is 16.8. The first kappa shape index (κ1) is 36.1. The summed E-state index contributed by atoms with van der Waals surface area (Å²) in [5, 5.41) is 7.57. The second-order valence-electron chi connectivity index (χ2n) is 10.7. The summed E-state index contributed by atoms with van der Waals surface area (Å²) in [5.41, 5.74) is 6.43. The van der Waals surface area contributed by atoms with E-state index in [1.165, 1.54) is 43.5 Å². The molecule has 43 heavy (non-hydrogen) atoms. The molecule has 0 bridgehead atoms. The Morgan fingerprint density at radius 1 is 0.605 bits per heavy atom. The molecule has 2 aliphatic carbocycles. The fourth-order valence-corrected chi connectivity index (χ4v) is 12.9. The van der Waals surface area contributed by atoms with Crippen molar-refractivity contribution in [2.24, 2.45) is 0 Å². The van der Waals surface area contributed by atoms with Gasteiger partial charge in [0, 0.05) is 0 Å². The normalized spacial score (nSPS) is 22.2. The molecular formula is C37H36Cl2P2SiZr-2. The zero-order valence-corrected chi connectivity index (χ0v) is 32.0. The van der Waals surface area contributed by atoms with Gasteiger partial charge in [0.25, 0.3) is 0 Å². The van der Waals surface area contributed by atoms with E-state index in [-0.39, 0.29) is 46.1 Å². The van der Waals surface area contributed by atoms with E-state index in [1.54, 1.807) is 28.5 Å². The monoisotopic (exact) mass is 730 g/mol. The van der Waals surface area contributed by atoms with Crippen LogP contribution in [0.15, 0.2) is 148 Å². The fourth-order valence-electron chi connectivity index (χ4n) is 5.53. The molecule has 2 heterocycles. The number of hydrogen-bond acceptors (Lipinski definition) is 0. The molecule has 3 aromatic carbocycles. The molecule has 3 aromatic rings. The largest absolute Gasteiger partial charge is 1.00 e. The number of rotatable bonds is 3. The van der Waals surface area contributed by atoms with Gasteiger partial charge in [-0.1, -0.05) is 104 Å². The third kappa shape index (κ3) is 8.88. The predicted molar refractivity (Wildman–Crippen MR) is 180 cm³/mol. The second-order valence-corrected chi connectivity index (χ2v) is 23.2. The van der Waals surface area contributed by atoms with Crippen molar-refractivity contribution >= 4 is 37.1 Å². The molecule has 2 aliphatic heterocycles. The van der Waals surface area contributed by atoms with Gasteiger partial charge in [0.2, 0.25) is 0 Å². The first-order valence-electron chi connectivity index (χ1n) is 14.2. The maximum absolute atomic E-state index is 3.45. The van der Waals surface area contributed by atoms with Crippen molar-refractivity contribution in [1.29, 1.82) is 0 Å². The van der Waals surface area contributed by atoms with Crippen LogP contribution >= 0.6 is 15.8 Å². The van der Waals surface area contributed by atoms with Crippen molar-refractivity contribution in [2.45, 2.75) is 45.6 Å². The maximum atomic E-state index is 3.45. The van der Waals surface area contributed by atoms with Crippen molar-refractivity contribution in [3.8, 4) is 0 Å². The summed E-state index contributed by atoms with van der Waals surface area (Å²) >= 11 is 1.69. The molecule has 0 amide bonds. The molecule has 4 unspecified atom stereocenters. The molecule has 0 aromatic heterocycles. The van der Waals surface area contributed by atoms with E-state index < -0.39 is 0 Å². The quantitative estimate of drug-likeness (QED) is 0.221. The smallest absolute Gasteiger partial charge is 1.00 e. The minimum Gasteiger partial charge on any atom is -1.00 e. The number of hydrogen-bond donors (Lipinski definition) is 0. The van der Waals surface area contributed by atoms with E-state index in [0.717, 1.165) is 0 Å². The Morgan fingerprint density at radius 3 is 1.28 bits per heavy atom. The Labute approximate surface area is 289 Å². The standard InChI is InChI=1S/2C15H14P.C7H8Si.2ClH.Zr/c2*1-11-8-13-10-12(2)16(15(13)9-11)14-6-4-3-5-7-14;1-8-7-5-3-2-4-6-7;;;/h2*3-7,9-10,12H,1-2H3;2-6H,1H3;2*1H;/q2*-1;;;;+2/p-2. The number of halogens is 2. The van der Waals surface area contributed by atoms with Gasteiger partial charge in [-0.15, -0.1) is 33.9 Å². The van der Waals surface area contributed by atoms with E-state index in [1.807, 2.05) is 0 Å². The maximum Gasteiger partial charge on any atom is -1.00 e. The van der Waals surface area contributed by atoms with E-state index in [2.05, 4.69) is 162 Å². The molecular weight excluding hydrogens is 697 g/mol. The Morgan fingerprint density at radius 2 is 0.953 bits per heavy atom. The van der Waals surface area contributed by atoms with Crippen molar-refractivity contribution in [2.75, 3.05) is 0 Å². The molecule has 0 radical (unpaired) electrons. The Bertz CT molecular complexity index is 1510. The minimum atomic E-state index is -0.183. The SMILES string of the molecule is CC1=[C-]C2=CC(C)P(c3ccccc3)C2=C1.CC1=[C-]C2=CC(C)P(c3ccccc3)C2=C1.C[Si](=[Zr+2])c1ccccc1.[Cl-].[Cl-]. The topological polar surface area (TPSA) is 0 Å². The van der Waals surface area contributed by atoms with Crippen LogP contribution in [0, 0.1) is 12.2 Å². The van der Waals surface area contributed by atoms with E-state index in [4.69, 9.17) is 0 Å². The van der Waals surface area contributed by atoms with E-state index in [9.17, 15) is 0 Å². The first-order chi connectivity index (χ1) is 19.8. The van der Waals surface area contributed by atoms with Crippen LogP contribution in [-0.2, 0) is 23.3 Å². The van der Waals surface area contributed by atoms with Gasteiger partial charge in [0.05, 0.1) is 0 Å². The van der Waals surface area contributed by atoms with Crippen LogP contribution in [0.4, 0.5) is 0 Å². The first-order valence-corrected chi connectivity index (χ1v) is 22.7. The van der Waals surface area contributed by atoms with Crippen LogP contribution < -0.4 is 40.6 Å². The molecule has 0 fully saturated rings. The van der Waals surface area contributed by atoms with Crippen LogP contribution in [0.1, 0.15) is 27.7 Å². The van der Waals surface area contributed by atoms with Gasteiger partial charge in [-0.3, -0.25) is 0 Å². The van der Waals surface area contributed by atoms with Crippen molar-refractivity contribution in [3.63, 3.8) is 0 Å². The molecule has 0 spiro atoms. The third-order valence-electron chi connectivity index (χ3n) is 7.35. The Hall–Kier alpha value is -1.36. The molecule has 0 N–H and O–H groups in total. The number of allylic oxidation sites excluding steroid dienone is 12. The molecule has 4 aliphatic rings. The molecule has 0 saturated heterocycles. The van der Waals surface area contributed by atoms with Crippen molar-refractivity contribution in [1.82, 2.24) is 0 Å². The van der Waals surface area contributed by atoms with Gasteiger partial charge in [-0.05, 0) is 21.9 Å². The summed E-state index contributed by atoms with van der Waals surface area (Å²) < 4.78 is 0. The summed E-state index contributed by atoms with van der Waals surface area (Å²) in [6.07, 6.45) is 16.3. The van der Waals surface area contributed by atoms with E-state index in [0.29, 0.717) is 11.3 Å². The zero-order valence-electron chi connectivity index (χ0n) is 25.3. The molecule has 7 rings (SSSR count). The average molecular weight is 733 g/mol.